The SMILES string of the molecule is COCCNCc1ccc(-c2cc3nccc(Oc4ccc(NC(=S)NC(=O)Cc5ccccc5OC)cc4F)c3s2)cc1. The quantitative estimate of drug-likeness (QED) is 0.104. The van der Waals surface area contributed by atoms with Crippen LogP contribution in [0.1, 0.15) is 11.1 Å². The van der Waals surface area contributed by atoms with E-state index < -0.39 is 5.82 Å². The van der Waals surface area contributed by atoms with Crippen molar-refractivity contribution >= 4 is 50.5 Å². The first kappa shape index (κ1) is 31.0. The lowest BCUT2D eigenvalue weighted by Gasteiger charge is -2.12. The number of anilines is 1. The van der Waals surface area contributed by atoms with E-state index in [2.05, 4.69) is 45.2 Å². The standard InChI is InChI=1S/C33H31FN4O4S2/c1-40-16-15-35-20-21-7-9-22(10-8-21)30-19-26-32(44-30)29(13-14-36-26)42-28-12-11-24(18-25(28)34)37-33(43)38-31(39)17-23-5-3-4-6-27(23)41-2/h3-14,18-19,35H,15-17,20H2,1-2H3,(H2,37,38,39,43). The minimum atomic E-state index is -0.588. The summed E-state index contributed by atoms with van der Waals surface area (Å²) in [5.74, 6) is 0.254. The lowest BCUT2D eigenvalue weighted by Crippen LogP contribution is -2.35. The number of para-hydroxylation sites is 1. The van der Waals surface area contributed by atoms with Crippen molar-refractivity contribution in [1.82, 2.24) is 15.6 Å². The summed E-state index contributed by atoms with van der Waals surface area (Å²) in [4.78, 5) is 18.0. The molecule has 0 spiro atoms. The highest BCUT2D eigenvalue weighted by Gasteiger charge is 2.15. The van der Waals surface area contributed by atoms with Crippen LogP contribution in [-0.4, -0.2) is 43.4 Å². The molecule has 44 heavy (non-hydrogen) atoms. The van der Waals surface area contributed by atoms with Crippen molar-refractivity contribution in [2.75, 3.05) is 32.7 Å². The smallest absolute Gasteiger partial charge is 0.230 e. The fraction of sp³-hybridized carbons (Fsp3) is 0.182. The second kappa shape index (κ2) is 14.8. The van der Waals surface area contributed by atoms with Crippen LogP contribution in [0.25, 0.3) is 20.7 Å². The molecule has 2 aromatic heterocycles. The summed E-state index contributed by atoms with van der Waals surface area (Å²) in [6.07, 6.45) is 1.72. The lowest BCUT2D eigenvalue weighted by atomic mass is 10.1. The van der Waals surface area contributed by atoms with Gasteiger partial charge >= 0.3 is 0 Å². The van der Waals surface area contributed by atoms with Gasteiger partial charge in [-0.15, -0.1) is 11.3 Å². The van der Waals surface area contributed by atoms with Crippen LogP contribution in [-0.2, 0) is 22.5 Å². The number of thiocarbonyl (C=S) groups is 1. The monoisotopic (exact) mass is 630 g/mol. The number of pyridine rings is 1. The summed E-state index contributed by atoms with van der Waals surface area (Å²) in [7, 11) is 3.23. The summed E-state index contributed by atoms with van der Waals surface area (Å²) in [5, 5.41) is 8.85. The first-order chi connectivity index (χ1) is 21.4. The van der Waals surface area contributed by atoms with E-state index in [-0.39, 0.29) is 23.2 Å². The van der Waals surface area contributed by atoms with Crippen LogP contribution in [0.5, 0.6) is 17.2 Å². The van der Waals surface area contributed by atoms with Gasteiger partial charge < -0.3 is 30.2 Å². The number of methoxy groups -OCH3 is 2. The summed E-state index contributed by atoms with van der Waals surface area (Å²) < 4.78 is 32.3. The predicted octanol–water partition coefficient (Wildman–Crippen LogP) is 6.70. The molecule has 0 saturated heterocycles. The Hall–Kier alpha value is -4.42. The molecule has 2 heterocycles. The first-order valence-electron chi connectivity index (χ1n) is 13.8. The maximum absolute atomic E-state index is 15.1. The maximum atomic E-state index is 15.1. The Morgan fingerprint density at radius 1 is 0.977 bits per heavy atom. The number of nitrogens with one attached hydrogen (secondary N) is 3. The highest BCUT2D eigenvalue weighted by Crippen LogP contribution is 2.39. The Labute approximate surface area is 264 Å². The van der Waals surface area contributed by atoms with E-state index >= 15 is 4.39 Å². The third kappa shape index (κ3) is 7.94. The minimum absolute atomic E-state index is 0.0504. The van der Waals surface area contributed by atoms with Crippen molar-refractivity contribution in [3.8, 4) is 27.7 Å². The molecule has 3 aromatic carbocycles. The van der Waals surface area contributed by atoms with Crippen LogP contribution in [0.3, 0.4) is 0 Å². The predicted molar refractivity (Wildman–Crippen MR) is 176 cm³/mol. The van der Waals surface area contributed by atoms with Gasteiger partial charge in [-0.25, -0.2) is 4.39 Å². The van der Waals surface area contributed by atoms with Gasteiger partial charge in [0.05, 0.1) is 30.4 Å². The van der Waals surface area contributed by atoms with Gasteiger partial charge in [-0.05, 0) is 47.6 Å². The number of ether oxygens (including phenoxy) is 3. The van der Waals surface area contributed by atoms with Gasteiger partial charge in [-0.3, -0.25) is 9.78 Å². The zero-order valence-corrected chi connectivity index (χ0v) is 25.8. The Bertz CT molecular complexity index is 1760. The number of nitrogens with zero attached hydrogens (tertiary/aromatic N) is 1. The first-order valence-corrected chi connectivity index (χ1v) is 15.0. The van der Waals surface area contributed by atoms with Gasteiger partial charge in [0.15, 0.2) is 16.7 Å². The Kier molecular flexibility index (Phi) is 10.5. The summed E-state index contributed by atoms with van der Waals surface area (Å²) in [6, 6.07) is 23.7. The average Bonchev–Trinajstić information content (AvgIpc) is 3.46. The van der Waals surface area contributed by atoms with Gasteiger partial charge in [-0.2, -0.15) is 0 Å². The molecule has 0 fully saturated rings. The van der Waals surface area contributed by atoms with Crippen LogP contribution >= 0.6 is 23.6 Å². The van der Waals surface area contributed by atoms with Gasteiger partial charge in [0.1, 0.15) is 11.5 Å². The second-order valence-electron chi connectivity index (χ2n) is 9.74. The van der Waals surface area contributed by atoms with Crippen LogP contribution in [0, 0.1) is 5.82 Å². The summed E-state index contributed by atoms with van der Waals surface area (Å²) >= 11 is 6.79. The fourth-order valence-electron chi connectivity index (χ4n) is 4.47. The molecule has 5 aromatic rings. The largest absolute Gasteiger partial charge is 0.496 e. The molecule has 3 N–H and O–H groups in total. The summed E-state index contributed by atoms with van der Waals surface area (Å²) in [6.45, 7) is 2.22. The fourth-order valence-corrected chi connectivity index (χ4v) is 5.77. The topological polar surface area (TPSA) is 93.7 Å². The number of hydrogen-bond donors (Lipinski definition) is 3. The number of carbonyl (C=O) groups excluding carboxylic acids is 1. The van der Waals surface area contributed by atoms with Crippen molar-refractivity contribution in [3.63, 3.8) is 0 Å². The molecule has 8 nitrogen and oxygen atoms in total. The lowest BCUT2D eigenvalue weighted by molar-refractivity contribution is -0.119. The van der Waals surface area contributed by atoms with E-state index in [0.717, 1.165) is 39.3 Å². The molecule has 0 atom stereocenters. The molecule has 5 rings (SSSR count). The van der Waals surface area contributed by atoms with E-state index in [1.54, 1.807) is 44.7 Å². The van der Waals surface area contributed by atoms with Crippen LogP contribution in [0.15, 0.2) is 85.1 Å². The number of carbonyl (C=O) groups is 1. The number of rotatable bonds is 12. The average molecular weight is 631 g/mol. The third-order valence-electron chi connectivity index (χ3n) is 6.63. The van der Waals surface area contributed by atoms with Gasteiger partial charge in [0.25, 0.3) is 0 Å². The number of benzene rings is 3. The van der Waals surface area contributed by atoms with E-state index in [1.807, 2.05) is 18.2 Å². The second-order valence-corrected chi connectivity index (χ2v) is 11.2. The van der Waals surface area contributed by atoms with Gasteiger partial charge in [0.2, 0.25) is 5.91 Å². The van der Waals surface area contributed by atoms with E-state index in [9.17, 15) is 4.79 Å². The number of amides is 1. The Morgan fingerprint density at radius 3 is 2.57 bits per heavy atom. The normalized spacial score (nSPS) is 10.9. The summed E-state index contributed by atoms with van der Waals surface area (Å²) in [5.41, 5.74) is 4.10. The number of halogens is 1. The minimum Gasteiger partial charge on any atom is -0.496 e. The number of fused-ring (bicyclic) bond motifs is 1. The molecule has 0 saturated carbocycles. The Morgan fingerprint density at radius 2 is 1.80 bits per heavy atom. The van der Waals surface area contributed by atoms with Crippen molar-refractivity contribution in [2.45, 2.75) is 13.0 Å². The van der Waals surface area contributed by atoms with E-state index in [0.29, 0.717) is 23.8 Å². The zero-order valence-electron chi connectivity index (χ0n) is 24.2. The van der Waals surface area contributed by atoms with E-state index in [1.165, 1.54) is 29.0 Å². The molecular formula is C33H31FN4O4S2. The molecule has 0 unspecified atom stereocenters. The molecule has 11 heteroatoms. The van der Waals surface area contributed by atoms with Crippen molar-refractivity contribution in [1.29, 1.82) is 0 Å². The molecule has 1 amide bonds. The molecule has 0 aliphatic carbocycles. The molecular weight excluding hydrogens is 600 g/mol. The molecule has 0 bridgehead atoms. The molecule has 226 valence electrons. The highest BCUT2D eigenvalue weighted by molar-refractivity contribution is 7.80. The van der Waals surface area contributed by atoms with Crippen molar-refractivity contribution in [2.24, 2.45) is 0 Å². The van der Waals surface area contributed by atoms with Gasteiger partial charge in [0, 0.05) is 54.7 Å². The van der Waals surface area contributed by atoms with Crippen molar-refractivity contribution in [3.05, 3.63) is 102 Å². The molecule has 0 aliphatic heterocycles. The molecule has 0 aliphatic rings. The zero-order chi connectivity index (χ0) is 30.9. The van der Waals surface area contributed by atoms with E-state index in [4.69, 9.17) is 26.4 Å². The number of hydrogen-bond acceptors (Lipinski definition) is 8. The molecule has 0 radical (unpaired) electrons. The van der Waals surface area contributed by atoms with Gasteiger partial charge in [-0.1, -0.05) is 42.5 Å². The van der Waals surface area contributed by atoms with Crippen LogP contribution in [0.4, 0.5) is 10.1 Å². The number of aromatic nitrogens is 1. The Balaban J connectivity index is 1.22. The van der Waals surface area contributed by atoms with Crippen molar-refractivity contribution < 1.29 is 23.4 Å². The van der Waals surface area contributed by atoms with Crippen LogP contribution < -0.4 is 25.4 Å². The highest BCUT2D eigenvalue weighted by atomic mass is 32.1. The third-order valence-corrected chi connectivity index (χ3v) is 8.02. The number of thiophene rings is 1. The maximum Gasteiger partial charge on any atom is 0.230 e. The van der Waals surface area contributed by atoms with Crippen LogP contribution in [0.2, 0.25) is 0 Å².